The highest BCUT2D eigenvalue weighted by Crippen LogP contribution is 2.40. The van der Waals surface area contributed by atoms with Crippen LogP contribution in [-0.4, -0.2) is 38.3 Å². The fourth-order valence-corrected chi connectivity index (χ4v) is 4.12. The second-order valence-electron chi connectivity index (χ2n) is 7.01. The zero-order valence-corrected chi connectivity index (χ0v) is 15.2. The van der Waals surface area contributed by atoms with Gasteiger partial charge >= 0.3 is 0 Å². The van der Waals surface area contributed by atoms with Crippen LogP contribution in [0.1, 0.15) is 36.9 Å². The van der Waals surface area contributed by atoms with Crippen molar-refractivity contribution in [3.8, 4) is 11.5 Å². The predicted molar refractivity (Wildman–Crippen MR) is 101 cm³/mol. The highest BCUT2D eigenvalue weighted by Gasteiger charge is 2.23. The maximum atomic E-state index is 5.54. The molecule has 1 saturated heterocycles. The van der Waals surface area contributed by atoms with Crippen LogP contribution in [0.4, 0.5) is 5.69 Å². The Kier molecular flexibility index (Phi) is 4.66. The summed E-state index contributed by atoms with van der Waals surface area (Å²) in [6, 6.07) is 4.60. The van der Waals surface area contributed by atoms with E-state index in [1.165, 1.54) is 36.2 Å². The molecule has 2 N–H and O–H groups in total. The van der Waals surface area contributed by atoms with Gasteiger partial charge in [-0.2, -0.15) is 0 Å². The van der Waals surface area contributed by atoms with Gasteiger partial charge in [0.25, 0.3) is 0 Å². The maximum Gasteiger partial charge on any atom is 0.162 e. The monoisotopic (exact) mass is 341 g/mol. The van der Waals surface area contributed by atoms with Gasteiger partial charge in [-0.3, -0.25) is 4.98 Å². The highest BCUT2D eigenvalue weighted by atomic mass is 16.5. The lowest BCUT2D eigenvalue weighted by atomic mass is 10.0. The molecular weight excluding hydrogens is 314 g/mol. The van der Waals surface area contributed by atoms with Crippen LogP contribution in [0.5, 0.6) is 11.5 Å². The molecule has 0 saturated carbocycles. The minimum Gasteiger partial charge on any atom is -0.493 e. The Morgan fingerprint density at radius 3 is 2.72 bits per heavy atom. The van der Waals surface area contributed by atoms with E-state index in [4.69, 9.17) is 14.5 Å². The van der Waals surface area contributed by atoms with Crippen molar-refractivity contribution in [3.05, 3.63) is 23.4 Å². The Balaban J connectivity index is 1.82. The molecule has 0 spiro atoms. The molecule has 1 unspecified atom stereocenters. The third kappa shape index (κ3) is 3.13. The number of benzene rings is 1. The lowest BCUT2D eigenvalue weighted by Crippen LogP contribution is -2.22. The van der Waals surface area contributed by atoms with E-state index in [2.05, 4.69) is 16.7 Å². The van der Waals surface area contributed by atoms with Crippen molar-refractivity contribution in [2.24, 2.45) is 0 Å². The molecule has 2 heterocycles. The van der Waals surface area contributed by atoms with E-state index >= 15 is 0 Å². The number of fused-ring (bicyclic) bond motifs is 2. The summed E-state index contributed by atoms with van der Waals surface area (Å²) in [6.07, 6.45) is 6.96. The van der Waals surface area contributed by atoms with Gasteiger partial charge in [0, 0.05) is 28.9 Å². The largest absolute Gasteiger partial charge is 0.493 e. The molecule has 4 rings (SSSR count). The quantitative estimate of drug-likeness (QED) is 0.894. The molecule has 0 radical (unpaired) electrons. The summed E-state index contributed by atoms with van der Waals surface area (Å²) in [5.74, 6) is 1.50. The van der Waals surface area contributed by atoms with Gasteiger partial charge in [-0.1, -0.05) is 0 Å². The molecule has 1 aliphatic heterocycles. The minimum absolute atomic E-state index is 0.512. The van der Waals surface area contributed by atoms with Gasteiger partial charge in [-0.15, -0.1) is 0 Å². The number of aryl methyl sites for hydroxylation is 1. The Bertz CT molecular complexity index is 767. The number of aromatic nitrogens is 1. The molecule has 1 fully saturated rings. The van der Waals surface area contributed by atoms with Crippen molar-refractivity contribution in [3.63, 3.8) is 0 Å². The van der Waals surface area contributed by atoms with Crippen LogP contribution in [-0.2, 0) is 12.8 Å². The molecule has 25 heavy (non-hydrogen) atoms. The first kappa shape index (κ1) is 16.5. The Morgan fingerprint density at radius 1 is 1.04 bits per heavy atom. The van der Waals surface area contributed by atoms with E-state index in [0.717, 1.165) is 54.8 Å². The molecule has 1 atom stereocenters. The number of ether oxygens (including phenoxy) is 2. The van der Waals surface area contributed by atoms with Crippen molar-refractivity contribution in [2.75, 3.05) is 32.6 Å². The van der Waals surface area contributed by atoms with Crippen LogP contribution >= 0.6 is 0 Å². The van der Waals surface area contributed by atoms with E-state index in [9.17, 15) is 0 Å². The van der Waals surface area contributed by atoms with Crippen LogP contribution in [0, 0.1) is 0 Å². The zero-order valence-electron chi connectivity index (χ0n) is 15.2. The van der Waals surface area contributed by atoms with Crippen molar-refractivity contribution in [1.29, 1.82) is 0 Å². The molecule has 1 aliphatic carbocycles. The first-order valence-electron chi connectivity index (χ1n) is 9.35. The number of nitrogens with one attached hydrogen (secondary N) is 2. The summed E-state index contributed by atoms with van der Waals surface area (Å²) in [6.45, 7) is 2.21. The maximum absolute atomic E-state index is 5.54. The van der Waals surface area contributed by atoms with Gasteiger partial charge in [0.1, 0.15) is 0 Å². The molecule has 0 amide bonds. The molecular formula is C20H27N3O2. The topological polar surface area (TPSA) is 55.4 Å². The fourth-order valence-electron chi connectivity index (χ4n) is 4.12. The SMILES string of the molecule is COc1cc2nc3c(c(NC4CCCNCC4)c2cc1OC)CCC3. The molecule has 134 valence electrons. The van der Waals surface area contributed by atoms with E-state index in [-0.39, 0.29) is 0 Å². The Hall–Kier alpha value is -2.01. The van der Waals surface area contributed by atoms with Crippen LogP contribution in [0.2, 0.25) is 0 Å². The van der Waals surface area contributed by atoms with Crippen molar-refractivity contribution < 1.29 is 9.47 Å². The highest BCUT2D eigenvalue weighted by molar-refractivity contribution is 5.96. The lowest BCUT2D eigenvalue weighted by molar-refractivity contribution is 0.356. The van der Waals surface area contributed by atoms with Gasteiger partial charge in [0.05, 0.1) is 19.7 Å². The molecule has 5 nitrogen and oxygen atoms in total. The zero-order chi connectivity index (χ0) is 17.2. The van der Waals surface area contributed by atoms with Crippen LogP contribution < -0.4 is 20.1 Å². The predicted octanol–water partition coefficient (Wildman–Crippen LogP) is 3.29. The number of nitrogens with zero attached hydrogens (tertiary/aromatic N) is 1. The molecule has 1 aromatic carbocycles. The van der Waals surface area contributed by atoms with E-state index in [0.29, 0.717) is 6.04 Å². The van der Waals surface area contributed by atoms with Gasteiger partial charge in [0.2, 0.25) is 0 Å². The molecule has 2 aromatic rings. The summed E-state index contributed by atoms with van der Waals surface area (Å²) >= 11 is 0. The van der Waals surface area contributed by atoms with Crippen molar-refractivity contribution >= 4 is 16.6 Å². The van der Waals surface area contributed by atoms with Gasteiger partial charge < -0.3 is 20.1 Å². The number of pyridine rings is 1. The lowest BCUT2D eigenvalue weighted by Gasteiger charge is -2.22. The minimum atomic E-state index is 0.512. The number of hydrogen-bond donors (Lipinski definition) is 2. The summed E-state index contributed by atoms with van der Waals surface area (Å²) in [4.78, 5) is 4.92. The summed E-state index contributed by atoms with van der Waals surface area (Å²) in [5.41, 5.74) is 4.91. The smallest absolute Gasteiger partial charge is 0.162 e. The average molecular weight is 341 g/mol. The third-order valence-corrected chi connectivity index (χ3v) is 5.44. The number of rotatable bonds is 4. The molecule has 5 heteroatoms. The van der Waals surface area contributed by atoms with Crippen molar-refractivity contribution in [2.45, 2.75) is 44.6 Å². The van der Waals surface area contributed by atoms with E-state index < -0.39 is 0 Å². The normalized spacial score (nSPS) is 20.2. The number of hydrogen-bond acceptors (Lipinski definition) is 5. The third-order valence-electron chi connectivity index (χ3n) is 5.44. The van der Waals surface area contributed by atoms with Crippen LogP contribution in [0.15, 0.2) is 12.1 Å². The second kappa shape index (κ2) is 7.08. The second-order valence-corrected chi connectivity index (χ2v) is 7.01. The summed E-state index contributed by atoms with van der Waals surface area (Å²) in [7, 11) is 3.36. The van der Waals surface area contributed by atoms with Gasteiger partial charge in [-0.05, 0) is 63.2 Å². The standard InChI is InChI=1S/C20H27N3O2/c1-24-18-11-15-17(12-19(18)25-2)23-16-7-3-6-14(16)20(15)22-13-5-4-9-21-10-8-13/h11-13,21H,3-10H2,1-2H3,(H,22,23). The van der Waals surface area contributed by atoms with Gasteiger partial charge in [-0.25, -0.2) is 0 Å². The number of anilines is 1. The van der Waals surface area contributed by atoms with E-state index in [1.807, 2.05) is 6.07 Å². The first-order chi connectivity index (χ1) is 12.3. The van der Waals surface area contributed by atoms with Crippen molar-refractivity contribution in [1.82, 2.24) is 10.3 Å². The van der Waals surface area contributed by atoms with Crippen LogP contribution in [0.25, 0.3) is 10.9 Å². The van der Waals surface area contributed by atoms with E-state index in [1.54, 1.807) is 14.2 Å². The number of methoxy groups -OCH3 is 2. The molecule has 0 bridgehead atoms. The molecule has 1 aromatic heterocycles. The first-order valence-corrected chi connectivity index (χ1v) is 9.35. The molecule has 2 aliphatic rings. The average Bonchev–Trinajstić information content (AvgIpc) is 2.95. The Labute approximate surface area is 149 Å². The summed E-state index contributed by atoms with van der Waals surface area (Å²) < 4.78 is 11.0. The van der Waals surface area contributed by atoms with Gasteiger partial charge in [0.15, 0.2) is 11.5 Å². The summed E-state index contributed by atoms with van der Waals surface area (Å²) in [5, 5.41) is 8.52. The Morgan fingerprint density at radius 2 is 1.88 bits per heavy atom. The van der Waals surface area contributed by atoms with Crippen LogP contribution in [0.3, 0.4) is 0 Å². The fraction of sp³-hybridized carbons (Fsp3) is 0.550.